The van der Waals surface area contributed by atoms with Crippen LogP contribution in [0, 0.1) is 13.8 Å². The fraction of sp³-hybridized carbons (Fsp3) is 0.357. The van der Waals surface area contributed by atoms with Crippen molar-refractivity contribution in [3.05, 3.63) is 45.1 Å². The fourth-order valence-corrected chi connectivity index (χ4v) is 7.84. The Kier molecular flexibility index (Phi) is 4.27. The van der Waals surface area contributed by atoms with E-state index in [1.165, 1.54) is 80.3 Å². The molecule has 30 heavy (non-hydrogen) atoms. The van der Waals surface area contributed by atoms with Gasteiger partial charge in [0.2, 0.25) is 0 Å². The van der Waals surface area contributed by atoms with Gasteiger partial charge in [0.25, 0.3) is 0 Å². The molecule has 2 heterocycles. The van der Waals surface area contributed by atoms with E-state index in [0.717, 1.165) is 0 Å². The number of hydrogen-bond donors (Lipinski definition) is 0. The minimum absolute atomic E-state index is 1.19. The summed E-state index contributed by atoms with van der Waals surface area (Å²) in [7, 11) is 0. The van der Waals surface area contributed by atoms with Crippen molar-refractivity contribution in [2.75, 3.05) is 0 Å². The van der Waals surface area contributed by atoms with Crippen molar-refractivity contribution in [1.29, 1.82) is 0 Å². The lowest BCUT2D eigenvalue weighted by Gasteiger charge is -2.15. The Morgan fingerprint density at radius 2 is 1.03 bits per heavy atom. The van der Waals surface area contributed by atoms with Crippen LogP contribution >= 0.6 is 22.7 Å². The molecule has 0 nitrogen and oxygen atoms in total. The van der Waals surface area contributed by atoms with Gasteiger partial charge in [0.15, 0.2) is 0 Å². The maximum Gasteiger partial charge on any atom is 0.0433 e. The number of rotatable bonds is 6. The largest absolute Gasteiger partial charge is 0.140 e. The van der Waals surface area contributed by atoms with Crippen molar-refractivity contribution in [3.63, 3.8) is 0 Å². The van der Waals surface area contributed by atoms with Gasteiger partial charge < -0.3 is 0 Å². The molecule has 0 spiro atoms. The summed E-state index contributed by atoms with van der Waals surface area (Å²) in [6.45, 7) is 9.16. The maximum atomic E-state index is 2.58. The molecule has 2 aromatic carbocycles. The summed E-state index contributed by atoms with van der Waals surface area (Å²) >= 11 is 4.00. The van der Waals surface area contributed by atoms with Gasteiger partial charge in [0.05, 0.1) is 0 Å². The molecule has 6 rings (SSSR count). The average Bonchev–Trinajstić information content (AvgIpc) is 3.43. The maximum absolute atomic E-state index is 2.58. The molecule has 0 radical (unpaired) electrons. The molecule has 0 unspecified atom stereocenters. The minimum Gasteiger partial charge on any atom is -0.140 e. The van der Waals surface area contributed by atoms with Crippen LogP contribution in [0.2, 0.25) is 0 Å². The SMILES string of the molecule is CCCCc1cc2c3c(c(CCCC)cc4c3c1-c1sc(C)cc1-4)-c1sc(C)cc1-2. The van der Waals surface area contributed by atoms with Crippen molar-refractivity contribution < 1.29 is 0 Å². The predicted octanol–water partition coefficient (Wildman–Crippen LogP) is 9.56. The Balaban J connectivity index is 1.74. The van der Waals surface area contributed by atoms with Gasteiger partial charge in [-0.2, -0.15) is 0 Å². The molecule has 0 atom stereocenters. The summed E-state index contributed by atoms with van der Waals surface area (Å²) < 4.78 is 0. The first-order valence-electron chi connectivity index (χ1n) is 11.5. The topological polar surface area (TPSA) is 0 Å². The van der Waals surface area contributed by atoms with Crippen molar-refractivity contribution >= 4 is 33.4 Å². The lowest BCUT2D eigenvalue weighted by Crippen LogP contribution is -1.94. The van der Waals surface area contributed by atoms with E-state index >= 15 is 0 Å². The van der Waals surface area contributed by atoms with E-state index in [9.17, 15) is 0 Å². The summed E-state index contributed by atoms with van der Waals surface area (Å²) in [5, 5.41) is 3.13. The Labute approximate surface area is 187 Å². The van der Waals surface area contributed by atoms with Crippen LogP contribution in [0.5, 0.6) is 0 Å². The Bertz CT molecular complexity index is 1230. The van der Waals surface area contributed by atoms with Crippen LogP contribution in [0.15, 0.2) is 24.3 Å². The number of unbranched alkanes of at least 4 members (excludes halogenated alkanes) is 2. The van der Waals surface area contributed by atoms with Gasteiger partial charge in [0.1, 0.15) is 0 Å². The Hall–Kier alpha value is -1.90. The second-order valence-electron chi connectivity index (χ2n) is 9.07. The van der Waals surface area contributed by atoms with E-state index in [1.54, 1.807) is 33.0 Å². The number of thiophene rings is 2. The van der Waals surface area contributed by atoms with Crippen LogP contribution in [0.25, 0.3) is 53.9 Å². The third-order valence-corrected chi connectivity index (χ3v) is 9.05. The van der Waals surface area contributed by atoms with E-state index in [4.69, 9.17) is 0 Å². The molecule has 152 valence electrons. The standard InChI is InChI=1S/C28H28S2/c1-5-7-9-17-13-19-21-11-16(4)30-28(21)24-18(10-8-6-2)14-20-22-12-15(3)29-27(22)23(17)25(20)26(19)24/h11-14H,5-10H2,1-4H3. The highest BCUT2D eigenvalue weighted by atomic mass is 32.1. The second-order valence-corrected chi connectivity index (χ2v) is 11.6. The van der Waals surface area contributed by atoms with Gasteiger partial charge in [-0.05, 0) is 96.8 Å². The van der Waals surface area contributed by atoms with E-state index < -0.39 is 0 Å². The normalized spacial score (nSPS) is 12.8. The van der Waals surface area contributed by atoms with Crippen molar-refractivity contribution in [1.82, 2.24) is 0 Å². The number of benzene rings is 2. The van der Waals surface area contributed by atoms with E-state index in [1.807, 2.05) is 22.7 Å². The van der Waals surface area contributed by atoms with Crippen molar-refractivity contribution in [2.45, 2.75) is 66.2 Å². The molecule has 0 bridgehead atoms. The second kappa shape index (κ2) is 6.80. The average molecular weight is 429 g/mol. The third kappa shape index (κ3) is 2.44. The highest BCUT2D eigenvalue weighted by Gasteiger charge is 2.34. The van der Waals surface area contributed by atoms with Gasteiger partial charge in [-0.1, -0.05) is 26.7 Å². The zero-order valence-electron chi connectivity index (χ0n) is 18.4. The lowest BCUT2D eigenvalue weighted by atomic mass is 9.89. The molecule has 2 aliphatic carbocycles. The molecule has 2 aliphatic rings. The van der Waals surface area contributed by atoms with Crippen LogP contribution < -0.4 is 0 Å². The quantitative estimate of drug-likeness (QED) is 0.248. The predicted molar refractivity (Wildman–Crippen MR) is 135 cm³/mol. The Morgan fingerprint density at radius 1 is 0.600 bits per heavy atom. The molecule has 0 saturated heterocycles. The van der Waals surface area contributed by atoms with Gasteiger partial charge >= 0.3 is 0 Å². The minimum atomic E-state index is 1.19. The molecule has 0 saturated carbocycles. The van der Waals surface area contributed by atoms with Crippen molar-refractivity contribution in [3.8, 4) is 43.1 Å². The van der Waals surface area contributed by atoms with Crippen LogP contribution in [0.4, 0.5) is 0 Å². The Morgan fingerprint density at radius 3 is 1.43 bits per heavy atom. The molecular weight excluding hydrogens is 400 g/mol. The molecule has 0 fully saturated rings. The number of fused-ring (bicyclic) bond motifs is 6. The molecular formula is C28H28S2. The molecule has 0 aliphatic heterocycles. The smallest absolute Gasteiger partial charge is 0.0433 e. The van der Waals surface area contributed by atoms with E-state index in [-0.39, 0.29) is 0 Å². The summed E-state index contributed by atoms with van der Waals surface area (Å²) in [6.07, 6.45) is 7.42. The summed E-state index contributed by atoms with van der Waals surface area (Å²) in [4.78, 5) is 5.94. The number of aryl methyl sites for hydroxylation is 4. The third-order valence-electron chi connectivity index (χ3n) is 6.91. The molecule has 2 aromatic heterocycles. The van der Waals surface area contributed by atoms with Crippen LogP contribution in [0.1, 0.15) is 60.4 Å². The van der Waals surface area contributed by atoms with Gasteiger partial charge in [-0.25, -0.2) is 0 Å². The van der Waals surface area contributed by atoms with E-state index in [2.05, 4.69) is 52.0 Å². The molecule has 0 N–H and O–H groups in total. The highest BCUT2D eigenvalue weighted by Crippen LogP contribution is 2.61. The van der Waals surface area contributed by atoms with Crippen LogP contribution in [-0.2, 0) is 12.8 Å². The van der Waals surface area contributed by atoms with Gasteiger partial charge in [-0.3, -0.25) is 0 Å². The molecule has 2 heteroatoms. The summed E-state index contributed by atoms with van der Waals surface area (Å²) in [6, 6.07) is 10.0. The zero-order valence-corrected chi connectivity index (χ0v) is 20.0. The van der Waals surface area contributed by atoms with Crippen LogP contribution in [0.3, 0.4) is 0 Å². The molecule has 4 aromatic rings. The first-order valence-corrected chi connectivity index (χ1v) is 13.1. The molecule has 0 amide bonds. The fourth-order valence-electron chi connectivity index (χ4n) is 5.62. The van der Waals surface area contributed by atoms with Crippen LogP contribution in [-0.4, -0.2) is 0 Å². The summed E-state index contributed by atoms with van der Waals surface area (Å²) in [5.74, 6) is 0. The first kappa shape index (κ1) is 18.8. The zero-order chi connectivity index (χ0) is 20.6. The first-order chi connectivity index (χ1) is 14.6. The summed E-state index contributed by atoms with van der Waals surface area (Å²) in [5.41, 5.74) is 12.3. The van der Waals surface area contributed by atoms with Gasteiger partial charge in [0, 0.05) is 41.8 Å². The number of hydrogen-bond acceptors (Lipinski definition) is 2. The monoisotopic (exact) mass is 428 g/mol. The lowest BCUT2D eigenvalue weighted by molar-refractivity contribution is 0.796. The highest BCUT2D eigenvalue weighted by molar-refractivity contribution is 7.17. The van der Waals surface area contributed by atoms with Gasteiger partial charge in [-0.15, -0.1) is 22.7 Å². The van der Waals surface area contributed by atoms with Crippen molar-refractivity contribution in [2.24, 2.45) is 0 Å². The van der Waals surface area contributed by atoms with E-state index in [0.29, 0.717) is 0 Å².